The first kappa shape index (κ1) is 28.2. The van der Waals surface area contributed by atoms with Crippen molar-refractivity contribution in [2.45, 2.75) is 52.7 Å². The van der Waals surface area contributed by atoms with Gasteiger partial charge in [0.1, 0.15) is 11.0 Å². The molecule has 0 bridgehead atoms. The number of carbonyl (C=O) groups excluding carboxylic acids is 1. The number of hydrogen-bond acceptors (Lipinski definition) is 5. The van der Waals surface area contributed by atoms with Crippen molar-refractivity contribution in [3.8, 4) is 11.5 Å². The van der Waals surface area contributed by atoms with Crippen LogP contribution in [-0.2, 0) is 4.74 Å². The van der Waals surface area contributed by atoms with Gasteiger partial charge in [0.2, 0.25) is 0 Å². The third-order valence-electron chi connectivity index (χ3n) is 5.74. The minimum atomic E-state index is -3.01. The highest BCUT2D eigenvalue weighted by molar-refractivity contribution is 7.14. The Labute approximate surface area is 224 Å². The summed E-state index contributed by atoms with van der Waals surface area (Å²) in [4.78, 5) is 14.6. The van der Waals surface area contributed by atoms with E-state index in [-0.39, 0.29) is 17.9 Å². The van der Waals surface area contributed by atoms with E-state index < -0.39 is 18.7 Å². The third kappa shape index (κ3) is 7.58. The van der Waals surface area contributed by atoms with E-state index in [1.807, 2.05) is 13.8 Å². The number of halogens is 4. The van der Waals surface area contributed by atoms with Crippen LogP contribution >= 0.6 is 34.5 Å². The zero-order valence-corrected chi connectivity index (χ0v) is 22.6. The van der Waals surface area contributed by atoms with Crippen LogP contribution in [0.2, 0.25) is 0 Å². The van der Waals surface area contributed by atoms with Crippen molar-refractivity contribution in [3.63, 3.8) is 0 Å². The Morgan fingerprint density at radius 3 is 2.50 bits per heavy atom. The number of ether oxygens (including phenoxy) is 3. The Morgan fingerprint density at radius 1 is 1.22 bits per heavy atom. The van der Waals surface area contributed by atoms with Gasteiger partial charge in [0, 0.05) is 21.4 Å². The maximum Gasteiger partial charge on any atom is 0.387 e. The molecule has 1 aromatic carbocycles. The van der Waals surface area contributed by atoms with E-state index in [1.165, 1.54) is 23.5 Å². The van der Waals surface area contributed by atoms with Crippen molar-refractivity contribution in [1.29, 1.82) is 0 Å². The SMILES string of the molecule is C=C/C(Cl)=C(C[C@H](OC(=O)c1cc(C)c(C)s1)c1ccc(OC(F)F)c(OCC2CC2)c1)\C(Cl)=C/C. The van der Waals surface area contributed by atoms with E-state index >= 15 is 0 Å². The minimum absolute atomic E-state index is 0.0876. The molecule has 1 saturated carbocycles. The number of esters is 1. The topological polar surface area (TPSA) is 44.8 Å². The van der Waals surface area contributed by atoms with Gasteiger partial charge >= 0.3 is 12.6 Å². The van der Waals surface area contributed by atoms with Gasteiger partial charge in [0.25, 0.3) is 0 Å². The Hall–Kier alpha value is -2.35. The Bertz CT molecular complexity index is 1150. The molecule has 0 spiro atoms. The predicted molar refractivity (Wildman–Crippen MR) is 141 cm³/mol. The summed E-state index contributed by atoms with van der Waals surface area (Å²) >= 11 is 14.1. The van der Waals surface area contributed by atoms with E-state index in [0.29, 0.717) is 38.6 Å². The van der Waals surface area contributed by atoms with Gasteiger partial charge in [-0.2, -0.15) is 8.78 Å². The van der Waals surface area contributed by atoms with Gasteiger partial charge in [0.15, 0.2) is 11.5 Å². The van der Waals surface area contributed by atoms with E-state index in [1.54, 1.807) is 31.2 Å². The lowest BCUT2D eigenvalue weighted by Gasteiger charge is -2.22. The monoisotopic (exact) mass is 556 g/mol. The molecule has 3 rings (SSSR count). The Balaban J connectivity index is 2.01. The average Bonchev–Trinajstić information content (AvgIpc) is 3.62. The van der Waals surface area contributed by atoms with Crippen LogP contribution < -0.4 is 9.47 Å². The van der Waals surface area contributed by atoms with Crippen LogP contribution in [0.3, 0.4) is 0 Å². The average molecular weight is 557 g/mol. The first-order valence-corrected chi connectivity index (χ1v) is 13.0. The Morgan fingerprint density at radius 2 is 1.94 bits per heavy atom. The molecule has 0 amide bonds. The molecule has 1 heterocycles. The van der Waals surface area contributed by atoms with Crippen molar-refractivity contribution in [1.82, 2.24) is 0 Å². The first-order valence-electron chi connectivity index (χ1n) is 11.5. The summed E-state index contributed by atoms with van der Waals surface area (Å²) in [6.45, 7) is 6.69. The smallest absolute Gasteiger partial charge is 0.387 e. The number of carbonyl (C=O) groups is 1. The fourth-order valence-corrected chi connectivity index (χ4v) is 4.73. The molecule has 0 unspecified atom stereocenters. The summed E-state index contributed by atoms with van der Waals surface area (Å²) in [5, 5.41) is 0.691. The van der Waals surface area contributed by atoms with Gasteiger partial charge in [0.05, 0.1) is 6.61 Å². The Kier molecular flexibility index (Phi) is 10.00. The van der Waals surface area contributed by atoms with Crippen LogP contribution in [0.25, 0.3) is 0 Å². The molecule has 36 heavy (non-hydrogen) atoms. The quantitative estimate of drug-likeness (QED) is 0.193. The zero-order valence-electron chi connectivity index (χ0n) is 20.3. The van der Waals surface area contributed by atoms with Crippen LogP contribution in [0.4, 0.5) is 8.78 Å². The van der Waals surface area contributed by atoms with Gasteiger partial charge in [-0.1, -0.05) is 48.0 Å². The van der Waals surface area contributed by atoms with Crippen LogP contribution in [0.5, 0.6) is 11.5 Å². The van der Waals surface area contributed by atoms with Crippen molar-refractivity contribution < 1.29 is 27.8 Å². The largest absolute Gasteiger partial charge is 0.489 e. The van der Waals surface area contributed by atoms with Crippen LogP contribution in [0.1, 0.15) is 58.0 Å². The van der Waals surface area contributed by atoms with E-state index in [0.717, 1.165) is 23.3 Å². The van der Waals surface area contributed by atoms with Crippen molar-refractivity contribution in [3.05, 3.63) is 79.5 Å². The van der Waals surface area contributed by atoms with Gasteiger partial charge in [-0.15, -0.1) is 11.3 Å². The van der Waals surface area contributed by atoms with Crippen LogP contribution in [-0.4, -0.2) is 19.2 Å². The van der Waals surface area contributed by atoms with Crippen LogP contribution in [0.15, 0.2) is 58.6 Å². The fraction of sp³-hybridized carbons (Fsp3) is 0.370. The van der Waals surface area contributed by atoms with Crippen molar-refractivity contribution in [2.24, 2.45) is 5.92 Å². The number of alkyl halides is 2. The summed E-state index contributed by atoms with van der Waals surface area (Å²) in [6.07, 6.45) is 4.47. The number of hydrogen-bond donors (Lipinski definition) is 0. The van der Waals surface area contributed by atoms with Gasteiger partial charge in [-0.05, 0) is 74.4 Å². The van der Waals surface area contributed by atoms with Crippen LogP contribution in [0, 0.1) is 19.8 Å². The fourth-order valence-electron chi connectivity index (χ4n) is 3.40. The van der Waals surface area contributed by atoms with Gasteiger partial charge in [-0.3, -0.25) is 0 Å². The van der Waals surface area contributed by atoms with E-state index in [4.69, 9.17) is 32.7 Å². The number of benzene rings is 1. The lowest BCUT2D eigenvalue weighted by atomic mass is 9.99. The van der Waals surface area contributed by atoms with E-state index in [9.17, 15) is 13.6 Å². The third-order valence-corrected chi connectivity index (χ3v) is 7.70. The molecule has 0 saturated heterocycles. The first-order chi connectivity index (χ1) is 17.1. The molecule has 0 radical (unpaired) electrons. The molecule has 1 aliphatic rings. The number of thiophene rings is 1. The molecule has 1 aliphatic carbocycles. The molecule has 0 aliphatic heterocycles. The zero-order chi connectivity index (χ0) is 26.4. The van der Waals surface area contributed by atoms with Crippen molar-refractivity contribution >= 4 is 40.5 Å². The molecule has 0 N–H and O–H groups in total. The molecular formula is C27H28Cl2F2O4S. The molecule has 1 aromatic heterocycles. The summed E-state index contributed by atoms with van der Waals surface area (Å²) in [7, 11) is 0. The van der Waals surface area contributed by atoms with Crippen molar-refractivity contribution in [2.75, 3.05) is 6.61 Å². The summed E-state index contributed by atoms with van der Waals surface area (Å²) in [6, 6.07) is 6.29. The molecule has 2 aromatic rings. The maximum absolute atomic E-state index is 13.1. The molecule has 4 nitrogen and oxygen atoms in total. The highest BCUT2D eigenvalue weighted by Gasteiger charge is 2.26. The second-order valence-electron chi connectivity index (χ2n) is 8.45. The summed E-state index contributed by atoms with van der Waals surface area (Å²) in [5.74, 6) is -0.0574. The number of allylic oxidation sites excluding steroid dienone is 4. The second-order valence-corrected chi connectivity index (χ2v) is 10.5. The van der Waals surface area contributed by atoms with Gasteiger partial charge in [-0.25, -0.2) is 4.79 Å². The highest BCUT2D eigenvalue weighted by Crippen LogP contribution is 2.39. The maximum atomic E-state index is 13.1. The molecule has 194 valence electrons. The number of aryl methyl sites for hydroxylation is 2. The number of rotatable bonds is 12. The second kappa shape index (κ2) is 12.7. The lowest BCUT2D eigenvalue weighted by Crippen LogP contribution is -2.13. The summed E-state index contributed by atoms with van der Waals surface area (Å²) in [5.41, 5.74) is 2.04. The normalized spacial score (nSPS) is 15.4. The van der Waals surface area contributed by atoms with E-state index in [2.05, 4.69) is 11.3 Å². The van der Waals surface area contributed by atoms with Gasteiger partial charge < -0.3 is 14.2 Å². The molecular weight excluding hydrogens is 529 g/mol. The summed E-state index contributed by atoms with van der Waals surface area (Å²) < 4.78 is 42.4. The standard InChI is InChI=1S/C27H28Cl2F2O4S/c1-5-20(28)19(21(29)6-2)13-23(34-26(32)25-11-15(3)16(4)36-25)18-9-10-22(35-27(30)31)24(12-18)33-14-17-7-8-17/h5-6,9-12,17,23,27H,1,7-8,13-14H2,2-4H3/b20-19+,21-6+/t23-/m0/s1. The minimum Gasteiger partial charge on any atom is -0.489 e. The molecule has 1 fully saturated rings. The predicted octanol–water partition coefficient (Wildman–Crippen LogP) is 8.86. The molecule has 9 heteroatoms. The highest BCUT2D eigenvalue weighted by atomic mass is 35.5. The molecule has 1 atom stereocenters. The lowest BCUT2D eigenvalue weighted by molar-refractivity contribution is -0.0515.